The predicted octanol–water partition coefficient (Wildman–Crippen LogP) is 5.55. The van der Waals surface area contributed by atoms with Crippen LogP contribution in [0.3, 0.4) is 0 Å². The molecule has 2 aliphatic rings. The van der Waals surface area contributed by atoms with E-state index in [9.17, 15) is 14.4 Å². The van der Waals surface area contributed by atoms with Crippen molar-refractivity contribution in [2.45, 2.75) is 50.6 Å². The Labute approximate surface area is 270 Å². The molecule has 10 heteroatoms. The zero-order valence-corrected chi connectivity index (χ0v) is 26.7. The van der Waals surface area contributed by atoms with Crippen LogP contribution >= 0.6 is 0 Å². The largest absolute Gasteiger partial charge is 0.451 e. The van der Waals surface area contributed by atoms with Crippen LogP contribution in [-0.2, 0) is 0 Å². The summed E-state index contributed by atoms with van der Waals surface area (Å²) in [7, 11) is 4.19. The highest BCUT2D eigenvalue weighted by atomic mass is 19.1. The number of fused-ring (bicyclic) bond motifs is 5. The molecule has 0 saturated carbocycles. The van der Waals surface area contributed by atoms with Crippen molar-refractivity contribution < 1.29 is 13.6 Å². The number of pyridine rings is 1. The average Bonchev–Trinajstić information content (AvgIpc) is 3.75. The van der Waals surface area contributed by atoms with Gasteiger partial charge in [-0.1, -0.05) is 24.3 Å². The smallest absolute Gasteiger partial charge is 0.256 e. The molecular weight excluding hydrogens is 597 g/mol. The number of carbonyl (C=O) groups excluding carboxylic acids is 1. The molecule has 4 heterocycles. The van der Waals surface area contributed by atoms with Crippen LogP contribution in [0.15, 0.2) is 62.7 Å². The maximum atomic E-state index is 16.0. The fourth-order valence-electron chi connectivity index (χ4n) is 7.96. The number of carbonyl (C=O) groups is 1. The van der Waals surface area contributed by atoms with Crippen molar-refractivity contribution in [2.75, 3.05) is 45.6 Å². The first kappa shape index (κ1) is 29.8. The summed E-state index contributed by atoms with van der Waals surface area (Å²) in [5, 5.41) is 8.92. The number of nitrogens with one attached hydrogen (secondary N) is 2. The third-order valence-electron chi connectivity index (χ3n) is 10.6. The van der Waals surface area contributed by atoms with Gasteiger partial charge < -0.3 is 29.3 Å². The van der Waals surface area contributed by atoms with Gasteiger partial charge in [-0.2, -0.15) is 0 Å². The van der Waals surface area contributed by atoms with E-state index >= 15 is 4.39 Å². The summed E-state index contributed by atoms with van der Waals surface area (Å²) in [6.07, 6.45) is 7.60. The molecule has 0 radical (unpaired) electrons. The van der Waals surface area contributed by atoms with Gasteiger partial charge in [0.1, 0.15) is 16.8 Å². The molecule has 242 valence electrons. The van der Waals surface area contributed by atoms with E-state index in [0.29, 0.717) is 52.6 Å². The zero-order valence-electron chi connectivity index (χ0n) is 26.7. The molecule has 1 amide bonds. The highest BCUT2D eigenvalue weighted by Crippen LogP contribution is 2.36. The second-order valence-corrected chi connectivity index (χ2v) is 13.4. The van der Waals surface area contributed by atoms with Crippen LogP contribution in [0.25, 0.3) is 49.1 Å². The van der Waals surface area contributed by atoms with E-state index in [4.69, 9.17) is 4.42 Å². The topological polar surface area (TPSA) is 99.3 Å². The third-order valence-corrected chi connectivity index (χ3v) is 10.6. The Hall–Kier alpha value is -4.54. The molecule has 2 fully saturated rings. The monoisotopic (exact) mass is 635 g/mol. The van der Waals surface area contributed by atoms with Crippen molar-refractivity contribution in [1.82, 2.24) is 19.5 Å². The Kier molecular flexibility index (Phi) is 7.37. The van der Waals surface area contributed by atoms with Crippen LogP contribution in [0, 0.1) is 5.82 Å². The lowest BCUT2D eigenvalue weighted by Crippen LogP contribution is -2.34. The Morgan fingerprint density at radius 2 is 1.57 bits per heavy atom. The summed E-state index contributed by atoms with van der Waals surface area (Å²) in [6, 6.07) is 13.0. The number of amides is 1. The van der Waals surface area contributed by atoms with Gasteiger partial charge in [0.05, 0.1) is 10.9 Å². The van der Waals surface area contributed by atoms with Crippen molar-refractivity contribution in [1.29, 1.82) is 0 Å². The average molecular weight is 636 g/mol. The number of likely N-dealkylation sites (tertiary alicyclic amines) is 2. The summed E-state index contributed by atoms with van der Waals surface area (Å²) in [5.74, 6) is -1.13. The Balaban J connectivity index is 1.29. The molecule has 0 bridgehead atoms. The fraction of sp³-hybridized carbons (Fsp3) is 0.378. The summed E-state index contributed by atoms with van der Waals surface area (Å²) >= 11 is 0. The number of hydrogen-bond acceptors (Lipinski definition) is 7. The van der Waals surface area contributed by atoms with Gasteiger partial charge >= 0.3 is 0 Å². The summed E-state index contributed by atoms with van der Waals surface area (Å²) in [4.78, 5) is 45.5. The van der Waals surface area contributed by atoms with Crippen molar-refractivity contribution in [2.24, 2.45) is 0 Å². The maximum absolute atomic E-state index is 16.0. The van der Waals surface area contributed by atoms with Gasteiger partial charge in [0.25, 0.3) is 5.91 Å². The maximum Gasteiger partial charge on any atom is 0.256 e. The van der Waals surface area contributed by atoms with E-state index in [2.05, 4.69) is 34.5 Å². The first-order valence-electron chi connectivity index (χ1n) is 16.6. The van der Waals surface area contributed by atoms with E-state index in [1.54, 1.807) is 16.5 Å². The van der Waals surface area contributed by atoms with Crippen LogP contribution in [0.2, 0.25) is 0 Å². The Bertz CT molecular complexity index is 2310. The molecule has 2 saturated heterocycles. The van der Waals surface area contributed by atoms with Gasteiger partial charge in [-0.05, 0) is 94.7 Å². The third kappa shape index (κ3) is 4.93. The number of benzene rings is 3. The molecule has 2 N–H and O–H groups in total. The van der Waals surface area contributed by atoms with Crippen molar-refractivity contribution in [3.05, 3.63) is 80.5 Å². The molecule has 2 aromatic heterocycles. The summed E-state index contributed by atoms with van der Waals surface area (Å²) < 4.78 is 24.2. The molecule has 9 nitrogen and oxygen atoms in total. The Morgan fingerprint density at radius 1 is 0.872 bits per heavy atom. The Morgan fingerprint density at radius 3 is 2.28 bits per heavy atom. The molecule has 2 unspecified atom stereocenters. The minimum Gasteiger partial charge on any atom is -0.451 e. The molecule has 2 aliphatic heterocycles. The molecule has 0 spiro atoms. The second kappa shape index (κ2) is 11.6. The first-order chi connectivity index (χ1) is 22.8. The van der Waals surface area contributed by atoms with Gasteiger partial charge in [0, 0.05) is 42.1 Å². The molecule has 2 atom stereocenters. The highest BCUT2D eigenvalue weighted by Gasteiger charge is 2.26. The lowest BCUT2D eigenvalue weighted by Gasteiger charge is -2.21. The minimum atomic E-state index is -0.633. The van der Waals surface area contributed by atoms with Crippen LogP contribution in [0.1, 0.15) is 48.9 Å². The van der Waals surface area contributed by atoms with Crippen molar-refractivity contribution >= 4 is 60.7 Å². The predicted molar refractivity (Wildman–Crippen MR) is 185 cm³/mol. The number of hydrogen-bond donors (Lipinski definition) is 2. The summed E-state index contributed by atoms with van der Waals surface area (Å²) in [5.41, 5.74) is 0.889. The van der Waals surface area contributed by atoms with E-state index < -0.39 is 17.2 Å². The standard InChI is InChI=1S/C37H38FN5O4/c1-41-15-5-7-21(41)11-13-39-32-29(38)17-27-33-36(32)47-31-19-26-25(23-9-3-4-10-24(23)34(26)44)18-30(31)43(33)20-28(35(27)45)37(46)40-14-12-22-8-6-16-42(22)2/h3-4,9-10,17-22,39H,5-8,11-16H2,1-2H3,(H,40,46). The normalized spacial score (nSPS) is 19.3. The lowest BCUT2D eigenvalue weighted by atomic mass is 10.1. The molecule has 4 aromatic carbocycles. The quantitative estimate of drug-likeness (QED) is 0.167. The molecule has 8 rings (SSSR count). The van der Waals surface area contributed by atoms with Crippen LogP contribution in [-0.4, -0.2) is 72.5 Å². The van der Waals surface area contributed by atoms with Crippen LogP contribution in [0.5, 0.6) is 0 Å². The molecule has 0 aliphatic carbocycles. The van der Waals surface area contributed by atoms with Gasteiger partial charge in [-0.25, -0.2) is 4.39 Å². The van der Waals surface area contributed by atoms with E-state index in [0.717, 1.165) is 62.4 Å². The lowest BCUT2D eigenvalue weighted by molar-refractivity contribution is 0.0949. The van der Waals surface area contributed by atoms with Gasteiger partial charge in [-0.3, -0.25) is 14.4 Å². The van der Waals surface area contributed by atoms with E-state index in [1.807, 2.05) is 24.3 Å². The highest BCUT2D eigenvalue weighted by molar-refractivity contribution is 6.15. The van der Waals surface area contributed by atoms with Crippen molar-refractivity contribution in [3.63, 3.8) is 0 Å². The SMILES string of the molecule is CN1CCCC1CCNC(=O)c1cn2c3cc4c(cc3oc3c(NCCC5CCCN5C)c(F)cc(c1=O)c32)c(=O)c1ccccc14. The minimum absolute atomic E-state index is 0.0596. The fourth-order valence-corrected chi connectivity index (χ4v) is 7.96. The van der Waals surface area contributed by atoms with Crippen molar-refractivity contribution in [3.8, 4) is 0 Å². The van der Waals surface area contributed by atoms with Crippen LogP contribution in [0.4, 0.5) is 10.1 Å². The van der Waals surface area contributed by atoms with E-state index in [-0.39, 0.29) is 27.6 Å². The van der Waals surface area contributed by atoms with Gasteiger partial charge in [0.15, 0.2) is 22.4 Å². The number of halogens is 1. The number of anilines is 1. The molecular formula is C37H38FN5O4. The van der Waals surface area contributed by atoms with Gasteiger partial charge in [0.2, 0.25) is 5.43 Å². The molecule has 47 heavy (non-hydrogen) atoms. The van der Waals surface area contributed by atoms with Gasteiger partial charge in [-0.15, -0.1) is 0 Å². The zero-order chi connectivity index (χ0) is 32.4. The first-order valence-corrected chi connectivity index (χ1v) is 16.6. The molecule has 6 aromatic rings. The summed E-state index contributed by atoms with van der Waals surface area (Å²) in [6.45, 7) is 3.03. The van der Waals surface area contributed by atoms with Crippen LogP contribution < -0.4 is 21.5 Å². The second-order valence-electron chi connectivity index (χ2n) is 13.4. The van der Waals surface area contributed by atoms with E-state index in [1.165, 1.54) is 12.3 Å². The number of nitrogens with zero attached hydrogens (tertiary/aromatic N) is 3. The number of rotatable bonds is 8. The number of aromatic nitrogens is 1.